The number of rotatable bonds is 6. The van der Waals surface area contributed by atoms with E-state index in [1.807, 2.05) is 6.92 Å². The Balaban J connectivity index is 3.63. The fraction of sp³-hybridized carbons (Fsp3) is 1.00. The first kappa shape index (κ1) is 12.8. The fourth-order valence-electron chi connectivity index (χ4n) is 1.27. The highest BCUT2D eigenvalue weighted by molar-refractivity contribution is 4.68. The molecular formula is C9H18F3N. The van der Waals surface area contributed by atoms with E-state index in [9.17, 15) is 13.2 Å². The lowest BCUT2D eigenvalue weighted by Crippen LogP contribution is -2.30. The van der Waals surface area contributed by atoms with Crippen LogP contribution >= 0.6 is 0 Å². The molecule has 1 nitrogen and oxygen atoms in total. The van der Waals surface area contributed by atoms with Gasteiger partial charge in [-0.05, 0) is 13.5 Å². The molecule has 13 heavy (non-hydrogen) atoms. The van der Waals surface area contributed by atoms with Crippen molar-refractivity contribution >= 4 is 0 Å². The Morgan fingerprint density at radius 2 is 1.85 bits per heavy atom. The molecule has 0 saturated heterocycles. The van der Waals surface area contributed by atoms with Crippen molar-refractivity contribution in [1.82, 2.24) is 5.32 Å². The zero-order valence-electron chi connectivity index (χ0n) is 8.25. The second kappa shape index (κ2) is 6.24. The van der Waals surface area contributed by atoms with Crippen molar-refractivity contribution in [2.45, 2.75) is 51.2 Å². The van der Waals surface area contributed by atoms with E-state index in [2.05, 4.69) is 5.32 Å². The molecule has 0 spiro atoms. The number of halogens is 3. The number of hydrogen-bond donors (Lipinski definition) is 1. The van der Waals surface area contributed by atoms with E-state index >= 15 is 0 Å². The fourth-order valence-corrected chi connectivity index (χ4v) is 1.27. The minimum absolute atomic E-state index is 0.411. The van der Waals surface area contributed by atoms with Gasteiger partial charge in [0.1, 0.15) is 0 Å². The lowest BCUT2D eigenvalue weighted by molar-refractivity contribution is -0.140. The molecule has 0 aliphatic rings. The Morgan fingerprint density at radius 1 is 1.23 bits per heavy atom. The molecule has 1 unspecified atom stereocenters. The van der Waals surface area contributed by atoms with Crippen molar-refractivity contribution in [3.63, 3.8) is 0 Å². The number of alkyl halides is 3. The van der Waals surface area contributed by atoms with Crippen molar-refractivity contribution in [2.24, 2.45) is 0 Å². The maximum atomic E-state index is 12.0. The van der Waals surface area contributed by atoms with E-state index in [0.29, 0.717) is 6.42 Å². The Hall–Kier alpha value is -0.250. The predicted molar refractivity (Wildman–Crippen MR) is 47.7 cm³/mol. The molecule has 0 aliphatic heterocycles. The summed E-state index contributed by atoms with van der Waals surface area (Å²) in [4.78, 5) is 0. The predicted octanol–water partition coefficient (Wildman–Crippen LogP) is 3.11. The first-order valence-electron chi connectivity index (χ1n) is 4.73. The molecule has 0 aromatic carbocycles. The summed E-state index contributed by atoms with van der Waals surface area (Å²) in [7, 11) is 1.59. The first-order chi connectivity index (χ1) is 5.99. The van der Waals surface area contributed by atoms with Crippen LogP contribution in [0.1, 0.15) is 39.0 Å². The van der Waals surface area contributed by atoms with Crippen molar-refractivity contribution in [2.75, 3.05) is 7.05 Å². The van der Waals surface area contributed by atoms with Gasteiger partial charge < -0.3 is 5.32 Å². The zero-order valence-corrected chi connectivity index (χ0v) is 8.25. The summed E-state index contributed by atoms with van der Waals surface area (Å²) in [6, 6.07) is -0.411. The minimum atomic E-state index is -4.04. The number of unbranched alkanes of at least 4 members (excludes halogenated alkanes) is 2. The Bertz CT molecular complexity index is 123. The van der Waals surface area contributed by atoms with E-state index < -0.39 is 18.6 Å². The van der Waals surface area contributed by atoms with Gasteiger partial charge in [0.15, 0.2) is 0 Å². The van der Waals surface area contributed by atoms with Crippen LogP contribution in [-0.2, 0) is 0 Å². The maximum Gasteiger partial charge on any atom is 0.390 e. The molecule has 0 heterocycles. The van der Waals surface area contributed by atoms with Crippen LogP contribution in [-0.4, -0.2) is 19.3 Å². The lowest BCUT2D eigenvalue weighted by Gasteiger charge is -2.17. The number of nitrogens with one attached hydrogen (secondary N) is 1. The van der Waals surface area contributed by atoms with Gasteiger partial charge in [0.05, 0.1) is 6.42 Å². The van der Waals surface area contributed by atoms with Gasteiger partial charge in [0.2, 0.25) is 0 Å². The highest BCUT2D eigenvalue weighted by Gasteiger charge is 2.30. The third-order valence-corrected chi connectivity index (χ3v) is 2.04. The van der Waals surface area contributed by atoms with Crippen LogP contribution in [0, 0.1) is 0 Å². The SMILES string of the molecule is CCCCCC(CC(F)(F)F)NC. The van der Waals surface area contributed by atoms with Gasteiger partial charge in [0, 0.05) is 6.04 Å². The average Bonchev–Trinajstić information content (AvgIpc) is 2.01. The topological polar surface area (TPSA) is 12.0 Å². The third-order valence-electron chi connectivity index (χ3n) is 2.04. The van der Waals surface area contributed by atoms with Crippen molar-refractivity contribution < 1.29 is 13.2 Å². The Kier molecular flexibility index (Phi) is 6.12. The van der Waals surface area contributed by atoms with Crippen molar-refractivity contribution in [3.05, 3.63) is 0 Å². The second-order valence-electron chi connectivity index (χ2n) is 3.30. The van der Waals surface area contributed by atoms with Crippen LogP contribution < -0.4 is 5.32 Å². The number of hydrogen-bond acceptors (Lipinski definition) is 1. The third kappa shape index (κ3) is 8.09. The molecule has 80 valence electrons. The molecule has 0 aromatic rings. The van der Waals surface area contributed by atoms with Gasteiger partial charge >= 0.3 is 6.18 Å². The molecule has 1 atom stereocenters. The highest BCUT2D eigenvalue weighted by Crippen LogP contribution is 2.23. The van der Waals surface area contributed by atoms with Gasteiger partial charge in [-0.1, -0.05) is 26.2 Å². The van der Waals surface area contributed by atoms with E-state index in [-0.39, 0.29) is 0 Å². The van der Waals surface area contributed by atoms with Gasteiger partial charge in [0.25, 0.3) is 0 Å². The van der Waals surface area contributed by atoms with Crippen LogP contribution in [0.15, 0.2) is 0 Å². The largest absolute Gasteiger partial charge is 0.390 e. The summed E-state index contributed by atoms with van der Waals surface area (Å²) in [5.74, 6) is 0. The van der Waals surface area contributed by atoms with Gasteiger partial charge in [-0.25, -0.2) is 0 Å². The maximum absolute atomic E-state index is 12.0. The standard InChI is InChI=1S/C9H18F3N/c1-3-4-5-6-8(13-2)7-9(10,11)12/h8,13H,3-7H2,1-2H3. The van der Waals surface area contributed by atoms with Crippen molar-refractivity contribution in [1.29, 1.82) is 0 Å². The normalized spacial score (nSPS) is 14.5. The summed E-state index contributed by atoms with van der Waals surface area (Å²) >= 11 is 0. The summed E-state index contributed by atoms with van der Waals surface area (Å²) in [6.07, 6.45) is -1.21. The van der Waals surface area contributed by atoms with E-state index in [4.69, 9.17) is 0 Å². The van der Waals surface area contributed by atoms with E-state index in [0.717, 1.165) is 19.3 Å². The van der Waals surface area contributed by atoms with Crippen LogP contribution in [0.4, 0.5) is 13.2 Å². The quantitative estimate of drug-likeness (QED) is 0.645. The van der Waals surface area contributed by atoms with Crippen molar-refractivity contribution in [3.8, 4) is 0 Å². The zero-order chi connectivity index (χ0) is 10.3. The Labute approximate surface area is 77.7 Å². The monoisotopic (exact) mass is 197 g/mol. The first-order valence-corrected chi connectivity index (χ1v) is 4.73. The molecule has 0 radical (unpaired) electrons. The van der Waals surface area contributed by atoms with Crippen LogP contribution in [0.5, 0.6) is 0 Å². The lowest BCUT2D eigenvalue weighted by atomic mass is 10.1. The summed E-state index contributed by atoms with van der Waals surface area (Å²) in [5, 5.41) is 2.70. The summed E-state index contributed by atoms with van der Waals surface area (Å²) in [5.41, 5.74) is 0. The van der Waals surface area contributed by atoms with Crippen LogP contribution in [0.3, 0.4) is 0 Å². The molecule has 0 aliphatic carbocycles. The molecule has 4 heteroatoms. The smallest absolute Gasteiger partial charge is 0.317 e. The molecule has 0 aromatic heterocycles. The second-order valence-corrected chi connectivity index (χ2v) is 3.30. The molecule has 0 bridgehead atoms. The Morgan fingerprint density at radius 3 is 2.23 bits per heavy atom. The van der Waals surface area contributed by atoms with E-state index in [1.165, 1.54) is 0 Å². The summed E-state index contributed by atoms with van der Waals surface area (Å²) in [6.45, 7) is 2.04. The molecular weight excluding hydrogens is 179 g/mol. The molecule has 1 N–H and O–H groups in total. The molecule has 0 fully saturated rings. The molecule has 0 saturated carbocycles. The van der Waals surface area contributed by atoms with E-state index in [1.54, 1.807) is 7.05 Å². The highest BCUT2D eigenvalue weighted by atomic mass is 19.4. The van der Waals surface area contributed by atoms with Gasteiger partial charge in [-0.2, -0.15) is 13.2 Å². The van der Waals surface area contributed by atoms with Crippen LogP contribution in [0.2, 0.25) is 0 Å². The van der Waals surface area contributed by atoms with Gasteiger partial charge in [-0.15, -0.1) is 0 Å². The summed E-state index contributed by atoms with van der Waals surface area (Å²) < 4.78 is 35.9. The molecule has 0 amide bonds. The molecule has 0 rings (SSSR count). The minimum Gasteiger partial charge on any atom is -0.317 e. The van der Waals surface area contributed by atoms with Gasteiger partial charge in [-0.3, -0.25) is 0 Å². The van der Waals surface area contributed by atoms with Crippen LogP contribution in [0.25, 0.3) is 0 Å². The average molecular weight is 197 g/mol.